The molecule has 2 aromatic rings. The normalized spacial score (nSPS) is 14.4. The molecule has 0 atom stereocenters. The monoisotopic (exact) mass is 337 g/mol. The summed E-state index contributed by atoms with van der Waals surface area (Å²) < 4.78 is 1.14. The van der Waals surface area contributed by atoms with Gasteiger partial charge in [-0.15, -0.1) is 0 Å². The molecule has 0 spiro atoms. The molecule has 0 bridgehead atoms. The van der Waals surface area contributed by atoms with Gasteiger partial charge in [0.25, 0.3) is 0 Å². The number of aryl methyl sites for hydroxylation is 1. The standard InChI is InChI=1S/C14H13BrClN3/c1-9-17-13(16)7-14(18-9)19-5-4-10-6-12(15)3-2-11(10)8-19/h2-3,6-7H,4-5,8H2,1H3. The molecule has 2 heterocycles. The van der Waals surface area contributed by atoms with Crippen LogP contribution in [-0.4, -0.2) is 16.5 Å². The van der Waals surface area contributed by atoms with E-state index in [1.807, 2.05) is 13.0 Å². The first-order valence-corrected chi connectivity index (χ1v) is 7.32. The average molecular weight is 339 g/mol. The molecule has 0 aliphatic carbocycles. The molecule has 0 saturated heterocycles. The third kappa shape index (κ3) is 2.74. The van der Waals surface area contributed by atoms with Crippen molar-refractivity contribution in [3.8, 4) is 0 Å². The third-order valence-corrected chi connectivity index (χ3v) is 3.98. The molecule has 1 aromatic heterocycles. The minimum absolute atomic E-state index is 0.504. The summed E-state index contributed by atoms with van der Waals surface area (Å²) in [6.07, 6.45) is 1.02. The number of halogens is 2. The Kier molecular flexibility index (Phi) is 3.46. The van der Waals surface area contributed by atoms with Crippen molar-refractivity contribution < 1.29 is 0 Å². The van der Waals surface area contributed by atoms with Crippen LogP contribution in [0.4, 0.5) is 5.82 Å². The van der Waals surface area contributed by atoms with Crippen LogP contribution in [0.3, 0.4) is 0 Å². The SMILES string of the molecule is Cc1nc(Cl)cc(N2CCc3cc(Br)ccc3C2)n1. The molecule has 3 rings (SSSR count). The summed E-state index contributed by atoms with van der Waals surface area (Å²) in [6, 6.07) is 8.28. The topological polar surface area (TPSA) is 29.0 Å². The summed E-state index contributed by atoms with van der Waals surface area (Å²) in [5, 5.41) is 0.504. The Morgan fingerprint density at radius 1 is 1.21 bits per heavy atom. The van der Waals surface area contributed by atoms with E-state index in [1.54, 1.807) is 0 Å². The highest BCUT2D eigenvalue weighted by atomic mass is 79.9. The second-order valence-corrected chi connectivity index (χ2v) is 5.98. The Bertz CT molecular complexity index is 610. The lowest BCUT2D eigenvalue weighted by atomic mass is 10.00. The molecule has 19 heavy (non-hydrogen) atoms. The van der Waals surface area contributed by atoms with E-state index in [0.717, 1.165) is 29.8 Å². The number of fused-ring (bicyclic) bond motifs is 1. The Labute approximate surface area is 125 Å². The maximum atomic E-state index is 6.01. The van der Waals surface area contributed by atoms with Crippen LogP contribution in [-0.2, 0) is 13.0 Å². The lowest BCUT2D eigenvalue weighted by Gasteiger charge is -2.30. The van der Waals surface area contributed by atoms with E-state index in [1.165, 1.54) is 11.1 Å². The molecular formula is C14H13BrClN3. The number of aromatic nitrogens is 2. The largest absolute Gasteiger partial charge is 0.352 e. The predicted molar refractivity (Wildman–Crippen MR) is 80.7 cm³/mol. The first-order chi connectivity index (χ1) is 9.11. The maximum absolute atomic E-state index is 6.01. The van der Waals surface area contributed by atoms with E-state index >= 15 is 0 Å². The van der Waals surface area contributed by atoms with Crippen LogP contribution in [0.15, 0.2) is 28.7 Å². The van der Waals surface area contributed by atoms with Crippen molar-refractivity contribution in [2.24, 2.45) is 0 Å². The number of rotatable bonds is 1. The first-order valence-electron chi connectivity index (χ1n) is 6.15. The lowest BCUT2D eigenvalue weighted by molar-refractivity contribution is 0.716. The molecular weight excluding hydrogens is 326 g/mol. The predicted octanol–water partition coefficient (Wildman–Crippen LogP) is 3.76. The zero-order valence-corrected chi connectivity index (χ0v) is 12.9. The molecule has 0 amide bonds. The molecule has 0 saturated carbocycles. The molecule has 3 nitrogen and oxygen atoms in total. The van der Waals surface area contributed by atoms with Gasteiger partial charge in [0.1, 0.15) is 16.8 Å². The quantitative estimate of drug-likeness (QED) is 0.741. The van der Waals surface area contributed by atoms with E-state index in [4.69, 9.17) is 11.6 Å². The third-order valence-electron chi connectivity index (χ3n) is 3.30. The summed E-state index contributed by atoms with van der Waals surface area (Å²) in [7, 11) is 0. The van der Waals surface area contributed by atoms with E-state index in [0.29, 0.717) is 11.0 Å². The van der Waals surface area contributed by atoms with Crippen molar-refractivity contribution in [3.63, 3.8) is 0 Å². The lowest BCUT2D eigenvalue weighted by Crippen LogP contribution is -2.31. The van der Waals surface area contributed by atoms with Crippen LogP contribution >= 0.6 is 27.5 Å². The van der Waals surface area contributed by atoms with Crippen molar-refractivity contribution in [1.82, 2.24) is 9.97 Å². The summed E-state index contributed by atoms with van der Waals surface area (Å²) in [5.41, 5.74) is 2.75. The fraction of sp³-hybridized carbons (Fsp3) is 0.286. The van der Waals surface area contributed by atoms with Crippen LogP contribution in [0.25, 0.3) is 0 Å². The number of benzene rings is 1. The highest BCUT2D eigenvalue weighted by molar-refractivity contribution is 9.10. The van der Waals surface area contributed by atoms with Gasteiger partial charge in [0.2, 0.25) is 0 Å². The smallest absolute Gasteiger partial charge is 0.134 e. The van der Waals surface area contributed by atoms with Crippen LogP contribution in [0, 0.1) is 6.92 Å². The van der Waals surface area contributed by atoms with Crippen molar-refractivity contribution in [2.45, 2.75) is 19.9 Å². The molecule has 1 aromatic carbocycles. The van der Waals surface area contributed by atoms with Crippen LogP contribution in [0.2, 0.25) is 5.15 Å². The first kappa shape index (κ1) is 12.9. The van der Waals surface area contributed by atoms with Crippen LogP contribution in [0.1, 0.15) is 17.0 Å². The highest BCUT2D eigenvalue weighted by Crippen LogP contribution is 2.26. The summed E-state index contributed by atoms with van der Waals surface area (Å²) in [5.74, 6) is 1.62. The van der Waals surface area contributed by atoms with E-state index in [2.05, 4.69) is 49.0 Å². The molecule has 1 aliphatic rings. The zero-order chi connectivity index (χ0) is 13.4. The number of hydrogen-bond donors (Lipinski definition) is 0. The van der Waals surface area contributed by atoms with Crippen LogP contribution < -0.4 is 4.90 Å². The summed E-state index contributed by atoms with van der Waals surface area (Å²) in [6.45, 7) is 3.69. The summed E-state index contributed by atoms with van der Waals surface area (Å²) in [4.78, 5) is 10.8. The van der Waals surface area contributed by atoms with Gasteiger partial charge < -0.3 is 4.90 Å². The fourth-order valence-electron chi connectivity index (χ4n) is 2.40. The molecule has 0 unspecified atom stereocenters. The molecule has 0 fully saturated rings. The maximum Gasteiger partial charge on any atom is 0.134 e. The van der Waals surface area contributed by atoms with Gasteiger partial charge in [0.15, 0.2) is 0 Å². The molecule has 98 valence electrons. The Balaban J connectivity index is 1.91. The van der Waals surface area contributed by atoms with Gasteiger partial charge in [0.05, 0.1) is 0 Å². The van der Waals surface area contributed by atoms with Crippen molar-refractivity contribution >= 4 is 33.3 Å². The van der Waals surface area contributed by atoms with Gasteiger partial charge in [-0.05, 0) is 36.6 Å². The second-order valence-electron chi connectivity index (χ2n) is 4.68. The van der Waals surface area contributed by atoms with Gasteiger partial charge in [0, 0.05) is 23.6 Å². The Morgan fingerprint density at radius 2 is 2.05 bits per heavy atom. The fourth-order valence-corrected chi connectivity index (χ4v) is 3.02. The van der Waals surface area contributed by atoms with Gasteiger partial charge in [-0.3, -0.25) is 0 Å². The van der Waals surface area contributed by atoms with E-state index in [9.17, 15) is 0 Å². The minimum atomic E-state index is 0.504. The van der Waals surface area contributed by atoms with Crippen molar-refractivity contribution in [3.05, 3.63) is 50.8 Å². The van der Waals surface area contributed by atoms with Crippen LogP contribution in [0.5, 0.6) is 0 Å². The van der Waals surface area contributed by atoms with Crippen molar-refractivity contribution in [1.29, 1.82) is 0 Å². The summed E-state index contributed by atoms with van der Waals surface area (Å²) >= 11 is 9.52. The molecule has 5 heteroatoms. The van der Waals surface area contributed by atoms with E-state index in [-0.39, 0.29) is 0 Å². The second kappa shape index (κ2) is 5.10. The average Bonchev–Trinajstić information content (AvgIpc) is 2.37. The minimum Gasteiger partial charge on any atom is -0.352 e. The van der Waals surface area contributed by atoms with Crippen molar-refractivity contribution in [2.75, 3.05) is 11.4 Å². The van der Waals surface area contributed by atoms with Gasteiger partial charge in [-0.1, -0.05) is 33.6 Å². The highest BCUT2D eigenvalue weighted by Gasteiger charge is 2.18. The molecule has 0 radical (unpaired) electrons. The Hall–Kier alpha value is -1.13. The Morgan fingerprint density at radius 3 is 2.84 bits per heavy atom. The van der Waals surface area contributed by atoms with E-state index < -0.39 is 0 Å². The number of anilines is 1. The molecule has 1 aliphatic heterocycles. The number of nitrogens with zero attached hydrogens (tertiary/aromatic N) is 3. The van der Waals surface area contributed by atoms with Gasteiger partial charge >= 0.3 is 0 Å². The van der Waals surface area contributed by atoms with Gasteiger partial charge in [-0.2, -0.15) is 0 Å². The molecule has 0 N–H and O–H groups in total. The van der Waals surface area contributed by atoms with Gasteiger partial charge in [-0.25, -0.2) is 9.97 Å². The zero-order valence-electron chi connectivity index (χ0n) is 10.5. The number of hydrogen-bond acceptors (Lipinski definition) is 3.